The molecule has 0 aliphatic carbocycles. The fourth-order valence-corrected chi connectivity index (χ4v) is 0.441. The Balaban J connectivity index is 2.49. The van der Waals surface area contributed by atoms with Crippen LogP contribution in [0.3, 0.4) is 0 Å². The second-order valence-corrected chi connectivity index (χ2v) is 1.39. The van der Waals surface area contributed by atoms with Gasteiger partial charge < -0.3 is 10.1 Å². The molecule has 0 radical (unpaired) electrons. The third-order valence-electron chi connectivity index (χ3n) is 0.778. The highest BCUT2D eigenvalue weighted by Gasteiger charge is 2.09. The highest BCUT2D eigenvalue weighted by molar-refractivity contribution is 5.72. The predicted molar refractivity (Wildman–Crippen MR) is 26.3 cm³/mol. The molecule has 4 nitrogen and oxygen atoms in total. The van der Waals surface area contributed by atoms with Crippen molar-refractivity contribution in [1.82, 2.24) is 5.32 Å². The number of hydrogen-bond acceptors (Lipinski definition) is 4. The van der Waals surface area contributed by atoms with Crippen LogP contribution in [0.5, 0.6) is 0 Å². The van der Waals surface area contributed by atoms with Crippen molar-refractivity contribution >= 4 is 6.29 Å². The van der Waals surface area contributed by atoms with Crippen LogP contribution in [0.25, 0.3) is 0 Å². The van der Waals surface area contributed by atoms with Gasteiger partial charge in [0.25, 0.3) is 0 Å². The van der Waals surface area contributed by atoms with Crippen molar-refractivity contribution in [1.29, 1.82) is 0 Å². The molecule has 1 unspecified atom stereocenters. The quantitative estimate of drug-likeness (QED) is 0.424. The number of carbonyl (C=O) groups is 1. The van der Waals surface area contributed by atoms with Crippen LogP contribution in [0.15, 0.2) is 12.0 Å². The number of rotatable bonds is 1. The molecule has 1 atom stereocenters. The topological polar surface area (TPSA) is 64.3 Å². The van der Waals surface area contributed by atoms with Crippen LogP contribution in [0.4, 0.5) is 0 Å². The molecule has 1 aliphatic rings. The van der Waals surface area contributed by atoms with Crippen LogP contribution in [-0.2, 0) is 9.53 Å². The summed E-state index contributed by atoms with van der Waals surface area (Å²) in [5, 5.41) is 2.55. The van der Waals surface area contributed by atoms with Crippen molar-refractivity contribution in [2.24, 2.45) is 5.73 Å². The first-order valence-corrected chi connectivity index (χ1v) is 2.16. The number of hydrogen-bond donors (Lipinski definition) is 2. The Labute approximate surface area is 46.3 Å². The number of allylic oxidation sites excluding steroid dienone is 1. The van der Waals surface area contributed by atoms with Gasteiger partial charge in [0.05, 0.1) is 0 Å². The lowest BCUT2D eigenvalue weighted by Gasteiger charge is -2.01. The lowest BCUT2D eigenvalue weighted by molar-refractivity contribution is -0.105. The molecule has 0 aromatic heterocycles. The van der Waals surface area contributed by atoms with Crippen LogP contribution < -0.4 is 11.1 Å². The largest absolute Gasteiger partial charge is 0.463 e. The third-order valence-corrected chi connectivity index (χ3v) is 0.778. The summed E-state index contributed by atoms with van der Waals surface area (Å²) in [4.78, 5) is 9.89. The molecule has 4 heteroatoms. The lowest BCUT2D eigenvalue weighted by atomic mass is 10.5. The minimum atomic E-state index is -0.546. The Kier molecular flexibility index (Phi) is 1.17. The van der Waals surface area contributed by atoms with E-state index in [0.29, 0.717) is 12.0 Å². The van der Waals surface area contributed by atoms with E-state index in [9.17, 15) is 4.79 Å². The maximum absolute atomic E-state index is 9.89. The number of ether oxygens (including phenoxy) is 1. The summed E-state index contributed by atoms with van der Waals surface area (Å²) < 4.78 is 4.63. The van der Waals surface area contributed by atoms with Gasteiger partial charge in [0.15, 0.2) is 6.29 Å². The number of nitrogens with two attached hydrogens (primary N) is 1. The molecule has 44 valence electrons. The van der Waals surface area contributed by atoms with Gasteiger partial charge in [-0.3, -0.25) is 10.5 Å². The number of carbonyl (C=O) groups excluding carboxylic acids is 1. The van der Waals surface area contributed by atoms with Gasteiger partial charge in [0.2, 0.25) is 6.35 Å². The van der Waals surface area contributed by atoms with E-state index in [1.807, 2.05) is 0 Å². The summed E-state index contributed by atoms with van der Waals surface area (Å²) in [6.07, 6.45) is 1.39. The maximum atomic E-state index is 9.89. The van der Waals surface area contributed by atoms with Gasteiger partial charge in [-0.15, -0.1) is 0 Å². The summed E-state index contributed by atoms with van der Waals surface area (Å²) in [5.74, 6) is 0. The molecular formula is C4H6N2O2. The van der Waals surface area contributed by atoms with Crippen molar-refractivity contribution in [3.05, 3.63) is 12.0 Å². The number of aldehydes is 1. The van der Waals surface area contributed by atoms with Crippen molar-refractivity contribution in [3.63, 3.8) is 0 Å². The monoisotopic (exact) mass is 114 g/mol. The summed E-state index contributed by atoms with van der Waals surface area (Å²) >= 11 is 0. The Morgan fingerprint density at radius 3 is 3.00 bits per heavy atom. The van der Waals surface area contributed by atoms with E-state index in [-0.39, 0.29) is 0 Å². The Hall–Kier alpha value is -1.03. The molecule has 0 fully saturated rings. The van der Waals surface area contributed by atoms with E-state index in [1.54, 1.807) is 0 Å². The summed E-state index contributed by atoms with van der Waals surface area (Å²) in [7, 11) is 0. The van der Waals surface area contributed by atoms with Crippen molar-refractivity contribution in [2.45, 2.75) is 6.35 Å². The third kappa shape index (κ3) is 0.788. The average Bonchev–Trinajstić information content (AvgIpc) is 2.14. The first-order chi connectivity index (χ1) is 3.83. The predicted octanol–water partition coefficient (Wildman–Crippen LogP) is -1.11. The minimum absolute atomic E-state index is 0.387. The molecule has 0 spiro atoms. The first kappa shape index (κ1) is 5.11. The standard InChI is InChI=1S/C4H6N2O2/c5-4-6-3(1-7)2-8-4/h1-2,4,6H,5H2. The Bertz CT molecular complexity index is 132. The van der Waals surface area contributed by atoms with Crippen LogP contribution in [0.1, 0.15) is 0 Å². The molecule has 1 aliphatic heterocycles. The first-order valence-electron chi connectivity index (χ1n) is 2.16. The molecule has 8 heavy (non-hydrogen) atoms. The maximum Gasteiger partial charge on any atom is 0.224 e. The molecule has 1 heterocycles. The smallest absolute Gasteiger partial charge is 0.224 e. The normalized spacial score (nSPS) is 25.6. The fraction of sp³-hybridized carbons (Fsp3) is 0.250. The van der Waals surface area contributed by atoms with E-state index < -0.39 is 6.35 Å². The van der Waals surface area contributed by atoms with Crippen molar-refractivity contribution in [2.75, 3.05) is 0 Å². The summed E-state index contributed by atoms with van der Waals surface area (Å²) in [6.45, 7) is 0. The van der Waals surface area contributed by atoms with Gasteiger partial charge in [-0.2, -0.15) is 0 Å². The zero-order valence-corrected chi connectivity index (χ0v) is 4.13. The summed E-state index contributed by atoms with van der Waals surface area (Å²) in [5.41, 5.74) is 5.54. The van der Waals surface area contributed by atoms with Crippen LogP contribution in [-0.4, -0.2) is 12.6 Å². The molecule has 0 saturated carbocycles. The van der Waals surface area contributed by atoms with Gasteiger partial charge >= 0.3 is 0 Å². The van der Waals surface area contributed by atoms with Gasteiger partial charge in [0, 0.05) is 0 Å². The average molecular weight is 114 g/mol. The molecule has 0 bridgehead atoms. The van der Waals surface area contributed by atoms with Gasteiger partial charge in [-0.25, -0.2) is 0 Å². The van der Waals surface area contributed by atoms with Gasteiger partial charge in [-0.1, -0.05) is 0 Å². The van der Waals surface area contributed by atoms with E-state index in [0.717, 1.165) is 0 Å². The van der Waals surface area contributed by atoms with Crippen LogP contribution in [0, 0.1) is 0 Å². The molecular weight excluding hydrogens is 108 g/mol. The molecule has 0 amide bonds. The molecule has 1 rings (SSSR count). The Morgan fingerprint density at radius 1 is 2.00 bits per heavy atom. The minimum Gasteiger partial charge on any atom is -0.463 e. The van der Waals surface area contributed by atoms with Gasteiger partial charge in [-0.05, 0) is 0 Å². The molecule has 3 N–H and O–H groups in total. The highest BCUT2D eigenvalue weighted by Crippen LogP contribution is 1.96. The van der Waals surface area contributed by atoms with Gasteiger partial charge in [0.1, 0.15) is 12.0 Å². The summed E-state index contributed by atoms with van der Waals surface area (Å²) in [6, 6.07) is 0. The van der Waals surface area contributed by atoms with Crippen molar-refractivity contribution < 1.29 is 9.53 Å². The lowest BCUT2D eigenvalue weighted by Crippen LogP contribution is -2.33. The highest BCUT2D eigenvalue weighted by atomic mass is 16.5. The van der Waals surface area contributed by atoms with Crippen LogP contribution in [0.2, 0.25) is 0 Å². The second kappa shape index (κ2) is 1.83. The van der Waals surface area contributed by atoms with Crippen molar-refractivity contribution in [3.8, 4) is 0 Å². The fourth-order valence-electron chi connectivity index (χ4n) is 0.441. The SMILES string of the molecule is NC1NC(C=O)=CO1. The molecule has 0 saturated heterocycles. The number of nitrogens with one attached hydrogen (secondary N) is 1. The van der Waals surface area contributed by atoms with E-state index in [2.05, 4.69) is 10.1 Å². The second-order valence-electron chi connectivity index (χ2n) is 1.39. The zero-order valence-electron chi connectivity index (χ0n) is 4.13. The molecule has 0 aromatic rings. The van der Waals surface area contributed by atoms with E-state index >= 15 is 0 Å². The van der Waals surface area contributed by atoms with Crippen LogP contribution >= 0.6 is 0 Å². The zero-order chi connectivity index (χ0) is 5.98. The van der Waals surface area contributed by atoms with E-state index in [4.69, 9.17) is 5.73 Å². The molecule has 0 aromatic carbocycles. The van der Waals surface area contributed by atoms with E-state index in [1.165, 1.54) is 6.26 Å². The Morgan fingerprint density at radius 2 is 2.75 bits per heavy atom.